The molecule has 40 heavy (non-hydrogen) atoms. The van der Waals surface area contributed by atoms with Crippen LogP contribution in [0.3, 0.4) is 0 Å². The summed E-state index contributed by atoms with van der Waals surface area (Å²) < 4.78 is 22.8. The lowest BCUT2D eigenvalue weighted by molar-refractivity contribution is -0.252. The van der Waals surface area contributed by atoms with E-state index in [9.17, 15) is 19.5 Å². The molecule has 1 saturated carbocycles. The summed E-state index contributed by atoms with van der Waals surface area (Å²) in [6.45, 7) is 0.840. The highest BCUT2D eigenvalue weighted by Crippen LogP contribution is 2.35. The van der Waals surface area contributed by atoms with Crippen LogP contribution in [-0.2, 0) is 20.7 Å². The van der Waals surface area contributed by atoms with Crippen LogP contribution in [0, 0.1) is 5.92 Å². The van der Waals surface area contributed by atoms with E-state index in [1.165, 1.54) is 4.90 Å². The fraction of sp³-hybridized carbons (Fsp3) is 0.400. The Hall–Kier alpha value is -3.21. The summed E-state index contributed by atoms with van der Waals surface area (Å²) >= 11 is 3.47. The average molecular weight is 612 g/mol. The van der Waals surface area contributed by atoms with E-state index in [1.54, 1.807) is 24.4 Å². The molecular weight excluding hydrogens is 581 g/mol. The van der Waals surface area contributed by atoms with E-state index in [4.69, 9.17) is 4.74 Å². The van der Waals surface area contributed by atoms with Crippen molar-refractivity contribution in [1.82, 2.24) is 9.88 Å². The van der Waals surface area contributed by atoms with Crippen LogP contribution in [0.1, 0.15) is 54.6 Å². The van der Waals surface area contributed by atoms with Gasteiger partial charge in [0.15, 0.2) is 0 Å². The normalized spacial score (nSPS) is 21.1. The SMILES string of the molecule is O=C(Nc1ccc(CC(=O)C(F)(O[C@H]2CC[C@H](C(=O)O)CC2)N2CCCC2)cc1Br)c1nccc2ccccc12. The summed E-state index contributed by atoms with van der Waals surface area (Å²) in [6.07, 6.45) is 4.03. The molecule has 2 N–H and O–H groups in total. The van der Waals surface area contributed by atoms with Gasteiger partial charge in [0, 0.05) is 35.6 Å². The third-order valence-corrected chi connectivity index (χ3v) is 8.39. The summed E-state index contributed by atoms with van der Waals surface area (Å²) in [5, 5.41) is 13.8. The number of rotatable bonds is 9. The number of ketones is 1. The number of halogens is 2. The van der Waals surface area contributed by atoms with Crippen molar-refractivity contribution in [2.45, 2.75) is 57.0 Å². The minimum absolute atomic E-state index is 0.199. The second-order valence-corrected chi connectivity index (χ2v) is 11.3. The number of carbonyl (C=O) groups excluding carboxylic acids is 2. The molecule has 0 spiro atoms. The van der Waals surface area contributed by atoms with Crippen molar-refractivity contribution >= 4 is 50.0 Å². The highest BCUT2D eigenvalue weighted by atomic mass is 79.9. The van der Waals surface area contributed by atoms with Crippen LogP contribution in [0.4, 0.5) is 10.1 Å². The number of likely N-dealkylation sites (tertiary alicyclic amines) is 1. The Morgan fingerprint density at radius 3 is 2.50 bits per heavy atom. The Morgan fingerprint density at radius 2 is 1.80 bits per heavy atom. The maximum Gasteiger partial charge on any atom is 0.330 e. The Bertz CT molecular complexity index is 1420. The number of hydrogen-bond donors (Lipinski definition) is 2. The minimum atomic E-state index is -2.57. The average Bonchev–Trinajstić information content (AvgIpc) is 3.50. The molecule has 2 fully saturated rings. The second kappa shape index (κ2) is 12.1. The van der Waals surface area contributed by atoms with Crippen molar-refractivity contribution in [3.05, 3.63) is 70.5 Å². The standard InChI is InChI=1S/C30H31BrFN3O5/c31-24-17-19(7-12-25(24)34-28(37)27-23-6-2-1-5-20(23)13-14-33-27)18-26(36)30(32,35-15-3-4-16-35)40-22-10-8-21(9-11-22)29(38)39/h1-2,5-7,12-14,17,21-22H,3-4,8-11,15-16,18H2,(H,34,37)(H,38,39)/t21-,22-,30?. The van der Waals surface area contributed by atoms with Crippen molar-refractivity contribution in [3.63, 3.8) is 0 Å². The van der Waals surface area contributed by atoms with Crippen molar-refractivity contribution in [3.8, 4) is 0 Å². The van der Waals surface area contributed by atoms with Gasteiger partial charge in [-0.3, -0.25) is 19.4 Å². The molecule has 0 bridgehead atoms. The van der Waals surface area contributed by atoms with Crippen molar-refractivity contribution < 1.29 is 28.6 Å². The van der Waals surface area contributed by atoms with Crippen LogP contribution in [-0.4, -0.2) is 57.8 Å². The van der Waals surface area contributed by atoms with Gasteiger partial charge in [0.1, 0.15) is 5.69 Å². The van der Waals surface area contributed by atoms with Gasteiger partial charge in [-0.2, -0.15) is 4.39 Å². The van der Waals surface area contributed by atoms with Crippen LogP contribution < -0.4 is 5.32 Å². The smallest absolute Gasteiger partial charge is 0.330 e. The Kier molecular flexibility index (Phi) is 8.58. The Balaban J connectivity index is 1.28. The molecule has 2 aromatic carbocycles. The molecule has 3 aromatic rings. The number of carboxylic acids is 1. The number of aromatic nitrogens is 1. The van der Waals surface area contributed by atoms with Gasteiger partial charge in [0.05, 0.1) is 17.7 Å². The number of fused-ring (bicyclic) bond motifs is 1. The predicted octanol–water partition coefficient (Wildman–Crippen LogP) is 5.74. The van der Waals surface area contributed by atoms with Crippen LogP contribution in [0.2, 0.25) is 0 Å². The van der Waals surface area contributed by atoms with Gasteiger partial charge < -0.3 is 15.2 Å². The van der Waals surface area contributed by atoms with Gasteiger partial charge in [-0.05, 0) is 83.6 Å². The number of carbonyl (C=O) groups is 3. The highest BCUT2D eigenvalue weighted by molar-refractivity contribution is 9.10. The molecule has 1 atom stereocenters. The molecule has 5 rings (SSSR count). The molecule has 0 radical (unpaired) electrons. The molecule has 1 aliphatic carbocycles. The van der Waals surface area contributed by atoms with Crippen LogP contribution in [0.5, 0.6) is 0 Å². The summed E-state index contributed by atoms with van der Waals surface area (Å²) in [4.78, 5) is 43.4. The van der Waals surface area contributed by atoms with Crippen LogP contribution >= 0.6 is 15.9 Å². The Labute approximate surface area is 240 Å². The number of carboxylic acid groups (broad SMARTS) is 1. The lowest BCUT2D eigenvalue weighted by Crippen LogP contribution is -2.54. The lowest BCUT2D eigenvalue weighted by atomic mass is 9.87. The Morgan fingerprint density at radius 1 is 1.07 bits per heavy atom. The summed E-state index contributed by atoms with van der Waals surface area (Å²) in [7, 11) is 0. The number of pyridine rings is 1. The van der Waals surface area contributed by atoms with E-state index in [2.05, 4.69) is 26.2 Å². The van der Waals surface area contributed by atoms with Crippen molar-refractivity contribution in [1.29, 1.82) is 0 Å². The number of aliphatic carboxylic acids is 1. The van der Waals surface area contributed by atoms with Crippen molar-refractivity contribution in [2.75, 3.05) is 18.4 Å². The molecular formula is C30H31BrFN3O5. The van der Waals surface area contributed by atoms with Gasteiger partial charge in [0.2, 0.25) is 5.78 Å². The van der Waals surface area contributed by atoms with Gasteiger partial charge >= 0.3 is 11.9 Å². The zero-order chi connectivity index (χ0) is 28.3. The third-order valence-electron chi connectivity index (χ3n) is 7.74. The number of hydrogen-bond acceptors (Lipinski definition) is 6. The summed E-state index contributed by atoms with van der Waals surface area (Å²) in [5.74, 6) is -4.94. The maximum absolute atomic E-state index is 16.4. The van der Waals surface area contributed by atoms with E-state index >= 15 is 4.39 Å². The molecule has 210 valence electrons. The predicted molar refractivity (Wildman–Crippen MR) is 152 cm³/mol. The van der Waals surface area contributed by atoms with Crippen LogP contribution in [0.15, 0.2) is 59.2 Å². The number of amides is 1. The molecule has 1 aliphatic heterocycles. The fourth-order valence-corrected chi connectivity index (χ4v) is 6.04. The fourth-order valence-electron chi connectivity index (χ4n) is 5.52. The first-order chi connectivity index (χ1) is 19.2. The van der Waals surface area contributed by atoms with Gasteiger partial charge in [0.25, 0.3) is 5.91 Å². The van der Waals surface area contributed by atoms with E-state index in [-0.39, 0.29) is 12.3 Å². The molecule has 1 unspecified atom stereocenters. The minimum Gasteiger partial charge on any atom is -0.481 e. The zero-order valence-corrected chi connectivity index (χ0v) is 23.5. The highest BCUT2D eigenvalue weighted by Gasteiger charge is 2.48. The first-order valence-electron chi connectivity index (χ1n) is 13.6. The number of Topliss-reactive ketones (excluding diaryl/α,β-unsaturated/α-hetero) is 1. The molecule has 1 saturated heterocycles. The number of benzene rings is 2. The quantitative estimate of drug-likeness (QED) is 0.297. The van der Waals surface area contributed by atoms with Gasteiger partial charge in [-0.25, -0.2) is 4.90 Å². The maximum atomic E-state index is 16.4. The number of anilines is 1. The monoisotopic (exact) mass is 611 g/mol. The van der Waals surface area contributed by atoms with Gasteiger partial charge in [-0.15, -0.1) is 0 Å². The van der Waals surface area contributed by atoms with E-state index in [0.717, 1.165) is 23.6 Å². The number of alkyl halides is 1. The van der Waals surface area contributed by atoms with Gasteiger partial charge in [-0.1, -0.05) is 30.3 Å². The molecule has 1 aromatic heterocycles. The largest absolute Gasteiger partial charge is 0.481 e. The molecule has 8 nitrogen and oxygen atoms in total. The summed E-state index contributed by atoms with van der Waals surface area (Å²) in [5.41, 5.74) is 1.36. The van der Waals surface area contributed by atoms with E-state index in [1.807, 2.05) is 30.3 Å². The molecule has 2 aliphatic rings. The summed E-state index contributed by atoms with van der Waals surface area (Å²) in [6, 6.07) is 14.4. The first kappa shape index (κ1) is 28.3. The number of ether oxygens (including phenoxy) is 1. The van der Waals surface area contributed by atoms with Crippen molar-refractivity contribution in [2.24, 2.45) is 5.92 Å². The number of nitrogens with zero attached hydrogens (tertiary/aromatic N) is 2. The molecule has 2 heterocycles. The lowest BCUT2D eigenvalue weighted by Gasteiger charge is -2.37. The van der Waals surface area contributed by atoms with Crippen LogP contribution in [0.25, 0.3) is 10.8 Å². The number of nitrogens with one attached hydrogen (secondary N) is 1. The van der Waals surface area contributed by atoms with E-state index < -0.39 is 29.8 Å². The molecule has 1 amide bonds. The van der Waals surface area contributed by atoms with E-state index in [0.29, 0.717) is 60.2 Å². The second-order valence-electron chi connectivity index (χ2n) is 10.4. The first-order valence-corrected chi connectivity index (χ1v) is 14.4. The topological polar surface area (TPSA) is 109 Å². The zero-order valence-electron chi connectivity index (χ0n) is 21.9. The third kappa shape index (κ3) is 6.09. The molecule has 10 heteroatoms.